The van der Waals surface area contributed by atoms with Crippen molar-refractivity contribution in [2.24, 2.45) is 0 Å². The zero-order valence-corrected chi connectivity index (χ0v) is 4.93. The van der Waals surface area contributed by atoms with Crippen LogP contribution in [-0.4, -0.2) is 39.6 Å². The lowest BCUT2D eigenvalue weighted by Crippen LogP contribution is -2.32. The van der Waals surface area contributed by atoms with E-state index in [2.05, 4.69) is 4.74 Å². The molecule has 0 aromatic carbocycles. The molecule has 0 aromatic rings. The van der Waals surface area contributed by atoms with E-state index in [1.807, 2.05) is 0 Å². The Balaban J connectivity index is 3.29. The summed E-state index contributed by atoms with van der Waals surface area (Å²) < 4.78 is 3.77. The fraction of sp³-hybridized carbons (Fsp3) is 1.00. The van der Waals surface area contributed by atoms with E-state index in [4.69, 9.17) is 15.3 Å². The Morgan fingerprint density at radius 2 is 2.00 bits per heavy atom. The van der Waals surface area contributed by atoms with Gasteiger partial charge in [-0.2, -0.15) is 0 Å². The second kappa shape index (κ2) is 3.42. The van der Waals surface area contributed by atoms with Crippen molar-refractivity contribution < 1.29 is 25.0 Å². The smallest absolute Gasteiger partial charge is 0.319 e. The van der Waals surface area contributed by atoms with Gasteiger partial charge in [-0.05, 0) is 0 Å². The number of rotatable bonds is 4. The molecule has 0 atom stereocenters. The summed E-state index contributed by atoms with van der Waals surface area (Å²) in [7, 11) is 0. The number of nitrogens with zero attached hydrogens (tertiary/aromatic N) is 1. The Hall–Kier alpha value is -0.760. The van der Waals surface area contributed by atoms with Gasteiger partial charge >= 0.3 is 6.16 Å². The van der Waals surface area contributed by atoms with E-state index in [9.17, 15) is 10.1 Å². The normalized spacial score (nSPS) is 11.5. The highest BCUT2D eigenvalue weighted by Gasteiger charge is 2.19. The zero-order valence-electron chi connectivity index (χ0n) is 4.93. The molecule has 10 heavy (non-hydrogen) atoms. The highest BCUT2D eigenvalue weighted by molar-refractivity contribution is 4.27. The maximum Gasteiger partial charge on any atom is 0.405 e. The summed E-state index contributed by atoms with van der Waals surface area (Å²) in [4.78, 5) is 8.85. The van der Waals surface area contributed by atoms with Crippen molar-refractivity contribution in [1.82, 2.24) is 0 Å². The summed E-state index contributed by atoms with van der Waals surface area (Å²) in [6, 6.07) is 0. The molecular weight excluding hydrogens is 146 g/mol. The highest BCUT2D eigenvalue weighted by atomic mass is 16.9. The largest absolute Gasteiger partial charge is 0.405 e. The molecule has 0 spiro atoms. The van der Waals surface area contributed by atoms with Gasteiger partial charge in [0.15, 0.2) is 0 Å². The van der Waals surface area contributed by atoms with Gasteiger partial charge in [0.25, 0.3) is 0 Å². The minimum absolute atomic E-state index is 0.559. The standard InChI is InChI=1S/C3H7NO6/c5-3(6,7)10-2-1-4(8)9/h5-7H,1-2H2. The predicted molar refractivity (Wildman–Crippen MR) is 27.2 cm³/mol. The fourth-order valence-electron chi connectivity index (χ4n) is 0.257. The van der Waals surface area contributed by atoms with E-state index in [1.165, 1.54) is 0 Å². The van der Waals surface area contributed by atoms with Gasteiger partial charge < -0.3 is 15.3 Å². The van der Waals surface area contributed by atoms with Crippen LogP contribution in [0.2, 0.25) is 0 Å². The summed E-state index contributed by atoms with van der Waals surface area (Å²) in [5.41, 5.74) is 0. The van der Waals surface area contributed by atoms with Crippen molar-refractivity contribution in [2.45, 2.75) is 6.16 Å². The molecule has 0 aromatic heterocycles. The predicted octanol–water partition coefficient (Wildman–Crippen LogP) is -2.13. The van der Waals surface area contributed by atoms with Crippen LogP contribution in [0.3, 0.4) is 0 Å². The molecule has 0 unspecified atom stereocenters. The van der Waals surface area contributed by atoms with Crippen molar-refractivity contribution in [3.05, 3.63) is 10.1 Å². The monoisotopic (exact) mass is 153 g/mol. The van der Waals surface area contributed by atoms with Crippen LogP contribution in [0.25, 0.3) is 0 Å². The van der Waals surface area contributed by atoms with E-state index < -0.39 is 24.2 Å². The molecule has 60 valence electrons. The molecule has 0 bridgehead atoms. The van der Waals surface area contributed by atoms with Gasteiger partial charge in [-0.25, -0.2) is 0 Å². The lowest BCUT2D eigenvalue weighted by molar-refractivity contribution is -0.508. The van der Waals surface area contributed by atoms with Crippen LogP contribution in [0.4, 0.5) is 0 Å². The Morgan fingerprint density at radius 1 is 1.50 bits per heavy atom. The van der Waals surface area contributed by atoms with Crippen molar-refractivity contribution in [3.8, 4) is 0 Å². The second-order valence-corrected chi connectivity index (χ2v) is 1.48. The van der Waals surface area contributed by atoms with Crippen LogP contribution in [0, 0.1) is 10.1 Å². The molecule has 0 saturated carbocycles. The summed E-state index contributed by atoms with van der Waals surface area (Å²) in [6.07, 6.45) is -3.27. The Morgan fingerprint density at radius 3 is 2.30 bits per heavy atom. The molecule has 0 aliphatic carbocycles. The average molecular weight is 153 g/mol. The quantitative estimate of drug-likeness (QED) is 0.241. The number of aliphatic hydroxyl groups is 3. The molecule has 0 saturated heterocycles. The summed E-state index contributed by atoms with van der Waals surface area (Å²) in [5.74, 6) is 0. The number of hydrogen-bond donors (Lipinski definition) is 3. The van der Waals surface area contributed by atoms with Crippen LogP contribution in [0.5, 0.6) is 0 Å². The molecule has 7 nitrogen and oxygen atoms in total. The Labute approximate surface area is 55.6 Å². The van der Waals surface area contributed by atoms with Crippen molar-refractivity contribution in [3.63, 3.8) is 0 Å². The highest BCUT2D eigenvalue weighted by Crippen LogP contribution is 1.93. The van der Waals surface area contributed by atoms with E-state index in [-0.39, 0.29) is 0 Å². The lowest BCUT2D eigenvalue weighted by atomic mass is 10.7. The van der Waals surface area contributed by atoms with Gasteiger partial charge in [0.1, 0.15) is 6.61 Å². The van der Waals surface area contributed by atoms with Crippen molar-refractivity contribution in [1.29, 1.82) is 0 Å². The molecule has 0 radical (unpaired) electrons. The molecule has 0 rings (SSSR count). The van der Waals surface area contributed by atoms with Crippen LogP contribution in [0.15, 0.2) is 0 Å². The first kappa shape index (κ1) is 9.24. The minimum atomic E-state index is -3.27. The van der Waals surface area contributed by atoms with Crippen molar-refractivity contribution in [2.75, 3.05) is 13.2 Å². The van der Waals surface area contributed by atoms with E-state index in [0.29, 0.717) is 0 Å². The SMILES string of the molecule is O=[N+]([O-])CCOC(O)(O)O. The molecule has 0 fully saturated rings. The number of ether oxygens (including phenoxy) is 1. The third kappa shape index (κ3) is 7.24. The zero-order chi connectivity index (χ0) is 8.20. The first-order chi connectivity index (χ1) is 4.42. The Bertz CT molecular complexity index is 117. The topological polar surface area (TPSA) is 113 Å². The summed E-state index contributed by atoms with van der Waals surface area (Å²) >= 11 is 0. The molecule has 0 aliphatic heterocycles. The van der Waals surface area contributed by atoms with Crippen LogP contribution < -0.4 is 0 Å². The first-order valence-electron chi connectivity index (χ1n) is 2.34. The molecular formula is C3H7NO6. The third-order valence-electron chi connectivity index (χ3n) is 0.570. The van der Waals surface area contributed by atoms with Gasteiger partial charge in [0.2, 0.25) is 6.54 Å². The molecule has 0 heterocycles. The van der Waals surface area contributed by atoms with Gasteiger partial charge in [0.05, 0.1) is 0 Å². The third-order valence-corrected chi connectivity index (χ3v) is 0.570. The molecule has 0 amide bonds. The fourth-order valence-corrected chi connectivity index (χ4v) is 0.257. The Kier molecular flexibility index (Phi) is 3.16. The van der Waals surface area contributed by atoms with Crippen LogP contribution in [-0.2, 0) is 4.74 Å². The molecule has 0 aliphatic rings. The number of hydrogen-bond acceptors (Lipinski definition) is 6. The van der Waals surface area contributed by atoms with Gasteiger partial charge in [-0.15, -0.1) is 0 Å². The minimum Gasteiger partial charge on any atom is -0.319 e. The molecule has 3 N–H and O–H groups in total. The number of nitro groups is 1. The average Bonchev–Trinajstić information content (AvgIpc) is 1.59. The van der Waals surface area contributed by atoms with E-state index >= 15 is 0 Å². The van der Waals surface area contributed by atoms with Crippen LogP contribution in [0.1, 0.15) is 0 Å². The lowest BCUT2D eigenvalue weighted by Gasteiger charge is -2.11. The maximum atomic E-state index is 9.57. The van der Waals surface area contributed by atoms with E-state index in [1.54, 1.807) is 0 Å². The molecule has 7 heteroatoms. The first-order valence-corrected chi connectivity index (χ1v) is 2.34. The van der Waals surface area contributed by atoms with Gasteiger partial charge in [-0.1, -0.05) is 0 Å². The second-order valence-electron chi connectivity index (χ2n) is 1.48. The van der Waals surface area contributed by atoms with Crippen LogP contribution >= 0.6 is 0 Å². The maximum absolute atomic E-state index is 9.57. The summed E-state index contributed by atoms with van der Waals surface area (Å²) in [5, 5.41) is 33.6. The van der Waals surface area contributed by atoms with Gasteiger partial charge in [0, 0.05) is 4.92 Å². The van der Waals surface area contributed by atoms with Gasteiger partial charge in [-0.3, -0.25) is 14.9 Å². The van der Waals surface area contributed by atoms with Crippen molar-refractivity contribution >= 4 is 0 Å². The van der Waals surface area contributed by atoms with E-state index in [0.717, 1.165) is 0 Å². The summed E-state index contributed by atoms with van der Waals surface area (Å²) in [6.45, 7) is -1.15.